The van der Waals surface area contributed by atoms with Gasteiger partial charge in [0.2, 0.25) is 0 Å². The number of amides is 1. The zero-order valence-electron chi connectivity index (χ0n) is 14.8. The Bertz CT molecular complexity index is 739. The highest BCUT2D eigenvalue weighted by atomic mass is 79.9. The van der Waals surface area contributed by atoms with Crippen molar-refractivity contribution in [3.8, 4) is 5.75 Å². The lowest BCUT2D eigenvalue weighted by molar-refractivity contribution is 0.0628. The molecule has 0 atom stereocenters. The van der Waals surface area contributed by atoms with Gasteiger partial charge in [0.25, 0.3) is 5.91 Å². The Labute approximate surface area is 161 Å². The van der Waals surface area contributed by atoms with Gasteiger partial charge in [-0.05, 0) is 42.8 Å². The Kier molecular flexibility index (Phi) is 6.27. The van der Waals surface area contributed by atoms with E-state index in [4.69, 9.17) is 4.74 Å². The topological polar surface area (TPSA) is 32.8 Å². The van der Waals surface area contributed by atoms with Crippen molar-refractivity contribution in [3.63, 3.8) is 0 Å². The first-order valence-corrected chi connectivity index (χ1v) is 9.54. The molecule has 1 aliphatic rings. The third-order valence-corrected chi connectivity index (χ3v) is 4.87. The highest BCUT2D eigenvalue weighted by Gasteiger charge is 2.22. The quantitative estimate of drug-likeness (QED) is 0.733. The fourth-order valence-corrected chi connectivity index (χ4v) is 3.55. The number of piperazine rings is 1. The number of halogens is 2. The van der Waals surface area contributed by atoms with Crippen molar-refractivity contribution in [2.75, 3.05) is 32.8 Å². The van der Waals surface area contributed by atoms with Crippen LogP contribution in [0.5, 0.6) is 5.75 Å². The molecule has 0 spiro atoms. The molecule has 0 unspecified atom stereocenters. The van der Waals surface area contributed by atoms with Crippen molar-refractivity contribution in [2.24, 2.45) is 0 Å². The molecule has 4 nitrogen and oxygen atoms in total. The molecule has 138 valence electrons. The smallest absolute Gasteiger partial charge is 0.254 e. The van der Waals surface area contributed by atoms with Gasteiger partial charge < -0.3 is 9.64 Å². The Morgan fingerprint density at radius 2 is 1.81 bits per heavy atom. The van der Waals surface area contributed by atoms with Crippen LogP contribution in [-0.4, -0.2) is 48.5 Å². The van der Waals surface area contributed by atoms with Crippen molar-refractivity contribution in [3.05, 3.63) is 63.9 Å². The minimum atomic E-state index is -0.406. The molecule has 0 aromatic heterocycles. The average Bonchev–Trinajstić information content (AvgIpc) is 2.63. The van der Waals surface area contributed by atoms with Crippen molar-refractivity contribution < 1.29 is 13.9 Å². The average molecular weight is 421 g/mol. The Hall–Kier alpha value is -1.92. The Morgan fingerprint density at radius 1 is 1.12 bits per heavy atom. The predicted molar refractivity (Wildman–Crippen MR) is 103 cm³/mol. The largest absolute Gasteiger partial charge is 0.494 e. The maximum atomic E-state index is 13.5. The summed E-state index contributed by atoms with van der Waals surface area (Å²) in [6, 6.07) is 12.4. The molecule has 1 amide bonds. The molecule has 6 heteroatoms. The van der Waals surface area contributed by atoms with Crippen LogP contribution in [0.3, 0.4) is 0 Å². The maximum absolute atomic E-state index is 13.5. The fraction of sp³-hybridized carbons (Fsp3) is 0.350. The van der Waals surface area contributed by atoms with Crippen LogP contribution < -0.4 is 4.74 Å². The second kappa shape index (κ2) is 8.64. The van der Waals surface area contributed by atoms with Crippen LogP contribution in [0.1, 0.15) is 22.8 Å². The highest BCUT2D eigenvalue weighted by Crippen LogP contribution is 2.18. The van der Waals surface area contributed by atoms with Gasteiger partial charge in [-0.15, -0.1) is 0 Å². The molecule has 1 saturated heterocycles. The molecule has 2 aromatic rings. The third kappa shape index (κ3) is 4.83. The van der Waals surface area contributed by atoms with Crippen molar-refractivity contribution in [2.45, 2.75) is 13.5 Å². The first kappa shape index (κ1) is 18.9. The maximum Gasteiger partial charge on any atom is 0.254 e. The monoisotopic (exact) mass is 420 g/mol. The van der Waals surface area contributed by atoms with Gasteiger partial charge in [-0.25, -0.2) is 4.39 Å². The number of rotatable bonds is 5. The summed E-state index contributed by atoms with van der Waals surface area (Å²) in [6.45, 7) is 6.37. The lowest BCUT2D eigenvalue weighted by Crippen LogP contribution is -2.48. The zero-order valence-corrected chi connectivity index (χ0v) is 16.3. The number of hydrogen-bond acceptors (Lipinski definition) is 3. The summed E-state index contributed by atoms with van der Waals surface area (Å²) in [4.78, 5) is 16.7. The molecule has 3 rings (SSSR count). The van der Waals surface area contributed by atoms with Crippen molar-refractivity contribution >= 4 is 21.8 Å². The normalized spacial score (nSPS) is 15.1. The van der Waals surface area contributed by atoms with Crippen LogP contribution in [0, 0.1) is 5.82 Å². The summed E-state index contributed by atoms with van der Waals surface area (Å²) in [5.74, 6) is 0.357. The SMILES string of the molecule is CCOc1ccc(CN2CCN(C(=O)c3cc(F)cc(Br)c3)CC2)cc1. The predicted octanol–water partition coefficient (Wildman–Crippen LogP) is 3.94. The summed E-state index contributed by atoms with van der Waals surface area (Å²) in [5.41, 5.74) is 1.61. The molecule has 2 aromatic carbocycles. The van der Waals surface area contributed by atoms with Crippen LogP contribution in [0.15, 0.2) is 46.9 Å². The summed E-state index contributed by atoms with van der Waals surface area (Å²) in [6.07, 6.45) is 0. The van der Waals surface area contributed by atoms with E-state index in [1.54, 1.807) is 11.0 Å². The van der Waals surface area contributed by atoms with Gasteiger partial charge in [0, 0.05) is 42.8 Å². The molecule has 0 N–H and O–H groups in total. The number of benzene rings is 2. The van der Waals surface area contributed by atoms with Gasteiger partial charge >= 0.3 is 0 Å². The Balaban J connectivity index is 1.54. The summed E-state index contributed by atoms with van der Waals surface area (Å²) in [5, 5.41) is 0. The zero-order chi connectivity index (χ0) is 18.5. The second-order valence-corrected chi connectivity index (χ2v) is 7.22. The summed E-state index contributed by atoms with van der Waals surface area (Å²) < 4.78 is 19.6. The minimum absolute atomic E-state index is 0.120. The van der Waals surface area contributed by atoms with E-state index in [2.05, 4.69) is 33.0 Å². The van der Waals surface area contributed by atoms with Gasteiger partial charge in [-0.2, -0.15) is 0 Å². The molecule has 0 radical (unpaired) electrons. The van der Waals surface area contributed by atoms with Gasteiger partial charge in [-0.1, -0.05) is 28.1 Å². The first-order chi connectivity index (χ1) is 12.5. The number of carbonyl (C=O) groups excluding carboxylic acids is 1. The van der Waals surface area contributed by atoms with Crippen LogP contribution in [0.2, 0.25) is 0 Å². The van der Waals surface area contributed by atoms with Gasteiger partial charge in [0.15, 0.2) is 0 Å². The van der Waals surface area contributed by atoms with E-state index in [1.807, 2.05) is 19.1 Å². The van der Waals surface area contributed by atoms with E-state index in [0.29, 0.717) is 29.7 Å². The molecular weight excluding hydrogens is 399 g/mol. The van der Waals surface area contributed by atoms with Crippen molar-refractivity contribution in [1.29, 1.82) is 0 Å². The number of hydrogen-bond donors (Lipinski definition) is 0. The van der Waals surface area contributed by atoms with Crippen LogP contribution in [0.4, 0.5) is 4.39 Å². The molecule has 0 aliphatic carbocycles. The summed E-state index contributed by atoms with van der Waals surface area (Å²) in [7, 11) is 0. The number of nitrogens with zero attached hydrogens (tertiary/aromatic N) is 2. The van der Waals surface area contributed by atoms with E-state index in [9.17, 15) is 9.18 Å². The van der Waals surface area contributed by atoms with Crippen LogP contribution in [-0.2, 0) is 6.54 Å². The van der Waals surface area contributed by atoms with E-state index in [-0.39, 0.29) is 5.91 Å². The standard InChI is InChI=1S/C20H22BrFN2O2/c1-2-26-19-5-3-15(4-6-19)14-23-7-9-24(10-8-23)20(25)16-11-17(21)13-18(22)12-16/h3-6,11-13H,2,7-10,14H2,1H3. The van der Waals surface area contributed by atoms with Gasteiger partial charge in [0.05, 0.1) is 6.61 Å². The molecule has 1 aliphatic heterocycles. The summed E-state index contributed by atoms with van der Waals surface area (Å²) >= 11 is 3.24. The van der Waals surface area contributed by atoms with E-state index in [1.165, 1.54) is 17.7 Å². The molecular formula is C20H22BrFN2O2. The molecule has 26 heavy (non-hydrogen) atoms. The lowest BCUT2D eigenvalue weighted by atomic mass is 10.1. The van der Waals surface area contributed by atoms with Crippen molar-refractivity contribution in [1.82, 2.24) is 9.80 Å². The molecule has 1 heterocycles. The fourth-order valence-electron chi connectivity index (χ4n) is 3.08. The second-order valence-electron chi connectivity index (χ2n) is 6.30. The van der Waals surface area contributed by atoms with E-state index < -0.39 is 5.82 Å². The van der Waals surface area contributed by atoms with E-state index in [0.717, 1.165) is 25.4 Å². The molecule has 1 fully saturated rings. The first-order valence-electron chi connectivity index (χ1n) is 8.74. The van der Waals surface area contributed by atoms with Gasteiger partial charge in [0.1, 0.15) is 11.6 Å². The highest BCUT2D eigenvalue weighted by molar-refractivity contribution is 9.10. The van der Waals surface area contributed by atoms with E-state index >= 15 is 0 Å². The van der Waals surface area contributed by atoms with Gasteiger partial charge in [-0.3, -0.25) is 9.69 Å². The molecule has 0 saturated carbocycles. The number of ether oxygens (including phenoxy) is 1. The van der Waals surface area contributed by atoms with Crippen LogP contribution in [0.25, 0.3) is 0 Å². The Morgan fingerprint density at radius 3 is 2.42 bits per heavy atom. The third-order valence-electron chi connectivity index (χ3n) is 4.41. The minimum Gasteiger partial charge on any atom is -0.494 e. The number of carbonyl (C=O) groups is 1. The molecule has 0 bridgehead atoms. The van der Waals surface area contributed by atoms with Crippen LogP contribution >= 0.6 is 15.9 Å². The lowest BCUT2D eigenvalue weighted by Gasteiger charge is -2.34.